The standard InChI is InChI=1S/C13H20BrN3/c1-9-8-15-10(2)13(16-9)17(3)12-7-5-4-6-11(12)14/h8,11-12H,4-7H2,1-3H3. The first-order valence-electron chi connectivity index (χ1n) is 6.26. The molecule has 2 atom stereocenters. The SMILES string of the molecule is Cc1cnc(C)c(N(C)C2CCCCC2Br)n1. The number of halogens is 1. The quantitative estimate of drug-likeness (QED) is 0.785. The number of aromatic nitrogens is 2. The predicted octanol–water partition coefficient (Wildman–Crippen LogP) is 3.24. The molecule has 1 fully saturated rings. The molecule has 17 heavy (non-hydrogen) atoms. The Morgan fingerprint density at radius 1 is 1.29 bits per heavy atom. The largest absolute Gasteiger partial charge is 0.354 e. The molecule has 0 aromatic carbocycles. The summed E-state index contributed by atoms with van der Waals surface area (Å²) in [7, 11) is 2.14. The van der Waals surface area contributed by atoms with Crippen molar-refractivity contribution in [2.45, 2.75) is 50.4 Å². The Kier molecular flexibility index (Phi) is 4.02. The van der Waals surface area contributed by atoms with Crippen LogP contribution in [0.3, 0.4) is 0 Å². The van der Waals surface area contributed by atoms with Gasteiger partial charge < -0.3 is 4.90 Å². The average Bonchev–Trinajstić information content (AvgIpc) is 2.32. The summed E-state index contributed by atoms with van der Waals surface area (Å²) >= 11 is 3.81. The molecule has 1 aliphatic carbocycles. The molecule has 0 N–H and O–H groups in total. The van der Waals surface area contributed by atoms with Crippen LogP contribution in [-0.4, -0.2) is 27.9 Å². The average molecular weight is 298 g/mol. The Balaban J connectivity index is 2.23. The van der Waals surface area contributed by atoms with Crippen LogP contribution in [-0.2, 0) is 0 Å². The van der Waals surface area contributed by atoms with E-state index in [1.807, 2.05) is 20.0 Å². The molecule has 1 aromatic heterocycles. The molecule has 3 nitrogen and oxygen atoms in total. The molecule has 0 radical (unpaired) electrons. The molecule has 1 aromatic rings. The van der Waals surface area contributed by atoms with E-state index in [4.69, 9.17) is 0 Å². The Morgan fingerprint density at radius 3 is 2.71 bits per heavy atom. The first-order chi connectivity index (χ1) is 8.09. The van der Waals surface area contributed by atoms with Crippen LogP contribution in [0, 0.1) is 13.8 Å². The van der Waals surface area contributed by atoms with Crippen LogP contribution in [0.1, 0.15) is 37.1 Å². The van der Waals surface area contributed by atoms with Gasteiger partial charge in [0.15, 0.2) is 0 Å². The summed E-state index contributed by atoms with van der Waals surface area (Å²) in [6.07, 6.45) is 6.97. The van der Waals surface area contributed by atoms with Crippen LogP contribution < -0.4 is 4.90 Å². The normalized spacial score (nSPS) is 24.7. The highest BCUT2D eigenvalue weighted by Gasteiger charge is 2.27. The van der Waals surface area contributed by atoms with Gasteiger partial charge in [-0.3, -0.25) is 4.98 Å². The van der Waals surface area contributed by atoms with Gasteiger partial charge in [-0.1, -0.05) is 28.8 Å². The van der Waals surface area contributed by atoms with Crippen LogP contribution >= 0.6 is 15.9 Å². The molecule has 0 amide bonds. The number of nitrogens with zero attached hydrogens (tertiary/aromatic N) is 3. The zero-order chi connectivity index (χ0) is 12.4. The first kappa shape index (κ1) is 12.8. The second-order valence-electron chi connectivity index (χ2n) is 4.90. The lowest BCUT2D eigenvalue weighted by Gasteiger charge is -2.36. The summed E-state index contributed by atoms with van der Waals surface area (Å²) in [5.74, 6) is 1.03. The van der Waals surface area contributed by atoms with Crippen molar-refractivity contribution in [2.24, 2.45) is 0 Å². The summed E-state index contributed by atoms with van der Waals surface area (Å²) in [4.78, 5) is 11.9. The molecular weight excluding hydrogens is 278 g/mol. The van der Waals surface area contributed by atoms with Crippen molar-refractivity contribution in [3.05, 3.63) is 17.6 Å². The van der Waals surface area contributed by atoms with Crippen LogP contribution in [0.2, 0.25) is 0 Å². The molecule has 94 valence electrons. The highest BCUT2D eigenvalue weighted by atomic mass is 79.9. The van der Waals surface area contributed by atoms with Crippen molar-refractivity contribution >= 4 is 21.7 Å². The van der Waals surface area contributed by atoms with Gasteiger partial charge in [0.2, 0.25) is 0 Å². The topological polar surface area (TPSA) is 29.0 Å². The van der Waals surface area contributed by atoms with Gasteiger partial charge in [0.1, 0.15) is 5.82 Å². The van der Waals surface area contributed by atoms with E-state index in [1.54, 1.807) is 0 Å². The third-order valence-corrected chi connectivity index (χ3v) is 4.60. The van der Waals surface area contributed by atoms with Crippen molar-refractivity contribution in [2.75, 3.05) is 11.9 Å². The van der Waals surface area contributed by atoms with Crippen LogP contribution in [0.4, 0.5) is 5.82 Å². The fourth-order valence-corrected chi connectivity index (χ4v) is 3.46. The van der Waals surface area contributed by atoms with E-state index in [-0.39, 0.29) is 0 Å². The minimum Gasteiger partial charge on any atom is -0.354 e. The van der Waals surface area contributed by atoms with Gasteiger partial charge in [0, 0.05) is 24.1 Å². The summed E-state index contributed by atoms with van der Waals surface area (Å²) in [6.45, 7) is 4.03. The summed E-state index contributed by atoms with van der Waals surface area (Å²) in [5, 5.41) is 0. The number of anilines is 1. The van der Waals surface area contributed by atoms with E-state index in [1.165, 1.54) is 25.7 Å². The third-order valence-electron chi connectivity index (χ3n) is 3.53. The van der Waals surface area contributed by atoms with Gasteiger partial charge in [-0.2, -0.15) is 0 Å². The molecule has 0 saturated heterocycles. The number of aryl methyl sites for hydroxylation is 2. The molecule has 1 saturated carbocycles. The molecule has 4 heteroatoms. The van der Waals surface area contributed by atoms with Crippen LogP contribution in [0.5, 0.6) is 0 Å². The number of hydrogen-bond acceptors (Lipinski definition) is 3. The fourth-order valence-electron chi connectivity index (χ4n) is 2.52. The number of rotatable bonds is 2. The molecule has 0 aliphatic heterocycles. The van der Waals surface area contributed by atoms with E-state index < -0.39 is 0 Å². The lowest BCUT2D eigenvalue weighted by molar-refractivity contribution is 0.441. The van der Waals surface area contributed by atoms with Crippen molar-refractivity contribution < 1.29 is 0 Å². The molecule has 0 bridgehead atoms. The van der Waals surface area contributed by atoms with E-state index in [2.05, 4.69) is 37.8 Å². The second kappa shape index (κ2) is 5.34. The highest BCUT2D eigenvalue weighted by Crippen LogP contribution is 2.30. The molecule has 0 spiro atoms. The summed E-state index contributed by atoms with van der Waals surface area (Å²) < 4.78 is 0. The molecule has 1 heterocycles. The van der Waals surface area contributed by atoms with Gasteiger partial charge in [0.05, 0.1) is 11.4 Å². The molecule has 1 aliphatic rings. The Labute approximate surface area is 112 Å². The lowest BCUT2D eigenvalue weighted by atomic mass is 9.94. The number of hydrogen-bond donors (Lipinski definition) is 0. The Morgan fingerprint density at radius 2 is 2.00 bits per heavy atom. The van der Waals surface area contributed by atoms with Crippen molar-refractivity contribution in [3.63, 3.8) is 0 Å². The molecule has 2 unspecified atom stereocenters. The van der Waals surface area contributed by atoms with Gasteiger partial charge >= 0.3 is 0 Å². The minimum atomic E-state index is 0.540. The first-order valence-corrected chi connectivity index (χ1v) is 7.18. The zero-order valence-corrected chi connectivity index (χ0v) is 12.4. The highest BCUT2D eigenvalue weighted by molar-refractivity contribution is 9.09. The Bertz CT molecular complexity index is 394. The van der Waals surface area contributed by atoms with Gasteiger partial charge in [0.25, 0.3) is 0 Å². The van der Waals surface area contributed by atoms with Crippen molar-refractivity contribution in [3.8, 4) is 0 Å². The minimum absolute atomic E-state index is 0.540. The molecular formula is C13H20BrN3. The smallest absolute Gasteiger partial charge is 0.150 e. The summed E-state index contributed by atoms with van der Waals surface area (Å²) in [6, 6.07) is 0.540. The second-order valence-corrected chi connectivity index (χ2v) is 6.08. The van der Waals surface area contributed by atoms with E-state index in [0.29, 0.717) is 10.9 Å². The number of alkyl halides is 1. The maximum atomic E-state index is 4.62. The van der Waals surface area contributed by atoms with Gasteiger partial charge in [-0.25, -0.2) is 4.98 Å². The monoisotopic (exact) mass is 297 g/mol. The van der Waals surface area contributed by atoms with E-state index in [0.717, 1.165) is 17.2 Å². The van der Waals surface area contributed by atoms with Gasteiger partial charge in [-0.05, 0) is 26.7 Å². The zero-order valence-electron chi connectivity index (χ0n) is 10.8. The van der Waals surface area contributed by atoms with E-state index >= 15 is 0 Å². The van der Waals surface area contributed by atoms with Crippen molar-refractivity contribution in [1.29, 1.82) is 0 Å². The maximum absolute atomic E-state index is 4.62. The van der Waals surface area contributed by atoms with E-state index in [9.17, 15) is 0 Å². The third kappa shape index (κ3) is 2.79. The van der Waals surface area contributed by atoms with Crippen molar-refractivity contribution in [1.82, 2.24) is 9.97 Å². The lowest BCUT2D eigenvalue weighted by Crippen LogP contribution is -2.41. The molecule has 2 rings (SSSR count). The van der Waals surface area contributed by atoms with Crippen LogP contribution in [0.15, 0.2) is 6.20 Å². The van der Waals surface area contributed by atoms with Crippen LogP contribution in [0.25, 0.3) is 0 Å². The predicted molar refractivity (Wildman–Crippen MR) is 74.9 cm³/mol. The maximum Gasteiger partial charge on any atom is 0.150 e. The van der Waals surface area contributed by atoms with Gasteiger partial charge in [-0.15, -0.1) is 0 Å². The fraction of sp³-hybridized carbons (Fsp3) is 0.692. The summed E-state index contributed by atoms with van der Waals surface area (Å²) in [5.41, 5.74) is 2.00. The Hall–Kier alpha value is -0.640.